The van der Waals surface area contributed by atoms with E-state index in [1.165, 1.54) is 0 Å². The van der Waals surface area contributed by atoms with Crippen LogP contribution in [0.2, 0.25) is 0 Å². The van der Waals surface area contributed by atoms with Gasteiger partial charge in [0.15, 0.2) is 5.78 Å². The fraction of sp³-hybridized carbons (Fsp3) is 0.308. The average molecular weight is 258 g/mol. The van der Waals surface area contributed by atoms with Crippen molar-refractivity contribution in [2.24, 2.45) is 0 Å². The molecule has 1 aromatic rings. The summed E-state index contributed by atoms with van der Waals surface area (Å²) in [7, 11) is 0. The summed E-state index contributed by atoms with van der Waals surface area (Å²) in [6.45, 7) is 0. The van der Waals surface area contributed by atoms with Crippen molar-refractivity contribution in [3.05, 3.63) is 46.8 Å². The number of alkyl halides is 3. The van der Waals surface area contributed by atoms with Crippen molar-refractivity contribution < 1.29 is 22.4 Å². The molecule has 0 aliphatic heterocycles. The Morgan fingerprint density at radius 3 is 2.44 bits per heavy atom. The number of benzene rings is 1. The number of Topliss-reactive ketones (excluding diaryl/α,β-unsaturated/α-hetero) is 1. The summed E-state index contributed by atoms with van der Waals surface area (Å²) < 4.78 is 50.3. The fourth-order valence-electron chi connectivity index (χ4n) is 1.95. The highest BCUT2D eigenvalue weighted by Crippen LogP contribution is 2.32. The van der Waals surface area contributed by atoms with Crippen LogP contribution in [0.25, 0.3) is 0 Å². The molecule has 0 heterocycles. The van der Waals surface area contributed by atoms with Crippen molar-refractivity contribution >= 4 is 5.78 Å². The molecule has 0 bridgehead atoms. The van der Waals surface area contributed by atoms with Gasteiger partial charge in [-0.1, -0.05) is 12.1 Å². The molecule has 0 saturated heterocycles. The van der Waals surface area contributed by atoms with Crippen LogP contribution in [0.5, 0.6) is 0 Å². The molecule has 5 heteroatoms. The molecule has 1 aromatic carbocycles. The van der Waals surface area contributed by atoms with Crippen LogP contribution in [-0.2, 0) is 6.18 Å². The van der Waals surface area contributed by atoms with Gasteiger partial charge in [-0.2, -0.15) is 13.2 Å². The Morgan fingerprint density at radius 2 is 1.94 bits per heavy atom. The summed E-state index contributed by atoms with van der Waals surface area (Å²) in [5, 5.41) is 0. The lowest BCUT2D eigenvalue weighted by Gasteiger charge is -2.09. The summed E-state index contributed by atoms with van der Waals surface area (Å²) in [4.78, 5) is 11.8. The maximum Gasteiger partial charge on any atom is 0.419 e. The Balaban J connectivity index is 2.32. The molecular weight excluding hydrogens is 248 g/mol. The summed E-state index contributed by atoms with van der Waals surface area (Å²) in [5.74, 6) is -1.80. The van der Waals surface area contributed by atoms with Crippen molar-refractivity contribution in [3.63, 3.8) is 0 Å². The molecule has 0 radical (unpaired) electrons. The van der Waals surface area contributed by atoms with Gasteiger partial charge < -0.3 is 0 Å². The van der Waals surface area contributed by atoms with Gasteiger partial charge in [0.05, 0.1) is 5.56 Å². The second-order valence-electron chi connectivity index (χ2n) is 4.14. The monoisotopic (exact) mass is 258 g/mol. The van der Waals surface area contributed by atoms with E-state index in [-0.39, 0.29) is 11.3 Å². The quantitative estimate of drug-likeness (QED) is 0.575. The molecule has 0 aromatic heterocycles. The Bertz CT molecular complexity index is 514. The zero-order valence-corrected chi connectivity index (χ0v) is 9.35. The molecular formula is C13H10F4O. The topological polar surface area (TPSA) is 17.1 Å². The molecule has 0 atom stereocenters. The molecule has 1 aliphatic rings. The zero-order chi connectivity index (χ0) is 13.3. The van der Waals surface area contributed by atoms with Gasteiger partial charge in [0, 0.05) is 5.56 Å². The molecule has 0 saturated carbocycles. The van der Waals surface area contributed by atoms with Crippen molar-refractivity contribution in [3.8, 4) is 0 Å². The van der Waals surface area contributed by atoms with Gasteiger partial charge in [0.2, 0.25) is 0 Å². The molecule has 0 unspecified atom stereocenters. The smallest absolute Gasteiger partial charge is 0.289 e. The van der Waals surface area contributed by atoms with Crippen molar-refractivity contribution in [2.75, 3.05) is 0 Å². The third-order valence-electron chi connectivity index (χ3n) is 2.87. The van der Waals surface area contributed by atoms with Crippen LogP contribution in [-0.4, -0.2) is 5.78 Å². The maximum absolute atomic E-state index is 13.3. The van der Waals surface area contributed by atoms with E-state index in [1.807, 2.05) is 0 Å². The van der Waals surface area contributed by atoms with Crippen LogP contribution >= 0.6 is 0 Å². The van der Waals surface area contributed by atoms with E-state index in [0.29, 0.717) is 24.1 Å². The standard InChI is InChI=1S/C13H10F4O/c14-11-7-9(5-6-10(11)13(15,16)17)12(18)8-3-1-2-4-8/h3,5-7H,1-2,4H2. The Morgan fingerprint density at radius 1 is 1.22 bits per heavy atom. The van der Waals surface area contributed by atoms with Crippen LogP contribution in [0, 0.1) is 5.82 Å². The van der Waals surface area contributed by atoms with Gasteiger partial charge in [-0.25, -0.2) is 4.39 Å². The highest BCUT2D eigenvalue weighted by atomic mass is 19.4. The molecule has 0 N–H and O–H groups in total. The summed E-state index contributed by atoms with van der Waals surface area (Å²) in [6.07, 6.45) is -0.758. The third kappa shape index (κ3) is 2.44. The minimum atomic E-state index is -4.74. The molecule has 0 spiro atoms. The SMILES string of the molecule is O=C(C1=CCCC1)c1ccc(C(F)(F)F)c(F)c1. The van der Waals surface area contributed by atoms with E-state index in [9.17, 15) is 22.4 Å². The fourth-order valence-corrected chi connectivity index (χ4v) is 1.95. The first kappa shape index (κ1) is 12.8. The largest absolute Gasteiger partial charge is 0.419 e. The zero-order valence-electron chi connectivity index (χ0n) is 9.35. The van der Waals surface area contributed by atoms with E-state index in [0.717, 1.165) is 18.9 Å². The Labute approximate surface area is 101 Å². The average Bonchev–Trinajstić information content (AvgIpc) is 2.79. The van der Waals surface area contributed by atoms with Crippen LogP contribution in [0.3, 0.4) is 0 Å². The Kier molecular flexibility index (Phi) is 3.24. The number of carbonyl (C=O) groups is 1. The third-order valence-corrected chi connectivity index (χ3v) is 2.87. The number of ketones is 1. The first-order valence-corrected chi connectivity index (χ1v) is 5.50. The minimum absolute atomic E-state index is 0.0337. The van der Waals surface area contributed by atoms with Crippen LogP contribution in [0.1, 0.15) is 35.2 Å². The molecule has 18 heavy (non-hydrogen) atoms. The lowest BCUT2D eigenvalue weighted by atomic mass is 10.0. The second-order valence-corrected chi connectivity index (χ2v) is 4.14. The number of carbonyl (C=O) groups excluding carboxylic acids is 1. The van der Waals surface area contributed by atoms with Gasteiger partial charge in [0.25, 0.3) is 0 Å². The van der Waals surface area contributed by atoms with E-state index in [2.05, 4.69) is 0 Å². The van der Waals surface area contributed by atoms with Gasteiger partial charge in [-0.05, 0) is 37.0 Å². The van der Waals surface area contributed by atoms with Gasteiger partial charge in [-0.3, -0.25) is 4.79 Å². The summed E-state index contributed by atoms with van der Waals surface area (Å²) >= 11 is 0. The summed E-state index contributed by atoms with van der Waals surface area (Å²) in [5.41, 5.74) is -0.831. The number of halogens is 4. The maximum atomic E-state index is 13.3. The van der Waals surface area contributed by atoms with Crippen molar-refractivity contribution in [1.82, 2.24) is 0 Å². The normalized spacial score (nSPS) is 15.7. The number of allylic oxidation sites excluding steroid dienone is 2. The Hall–Kier alpha value is -1.65. The molecule has 1 aliphatic carbocycles. The number of hydrogen-bond acceptors (Lipinski definition) is 1. The van der Waals surface area contributed by atoms with E-state index < -0.39 is 17.6 Å². The second kappa shape index (κ2) is 4.55. The van der Waals surface area contributed by atoms with Crippen LogP contribution < -0.4 is 0 Å². The van der Waals surface area contributed by atoms with E-state index >= 15 is 0 Å². The molecule has 96 valence electrons. The van der Waals surface area contributed by atoms with Crippen LogP contribution in [0.4, 0.5) is 17.6 Å². The number of hydrogen-bond donors (Lipinski definition) is 0. The van der Waals surface area contributed by atoms with Gasteiger partial charge >= 0.3 is 6.18 Å². The van der Waals surface area contributed by atoms with Gasteiger partial charge in [-0.15, -0.1) is 0 Å². The molecule has 2 rings (SSSR count). The highest BCUT2D eigenvalue weighted by molar-refractivity contribution is 6.08. The van der Waals surface area contributed by atoms with Crippen molar-refractivity contribution in [1.29, 1.82) is 0 Å². The lowest BCUT2D eigenvalue weighted by Crippen LogP contribution is -2.10. The molecule has 0 fully saturated rings. The van der Waals surface area contributed by atoms with Gasteiger partial charge in [0.1, 0.15) is 5.82 Å². The first-order chi connectivity index (χ1) is 8.39. The highest BCUT2D eigenvalue weighted by Gasteiger charge is 2.34. The van der Waals surface area contributed by atoms with E-state index in [4.69, 9.17) is 0 Å². The molecule has 0 amide bonds. The van der Waals surface area contributed by atoms with E-state index in [1.54, 1.807) is 6.08 Å². The first-order valence-electron chi connectivity index (χ1n) is 5.50. The minimum Gasteiger partial charge on any atom is -0.289 e. The predicted octanol–water partition coefficient (Wildman–Crippen LogP) is 4.14. The summed E-state index contributed by atoms with van der Waals surface area (Å²) in [6, 6.07) is 2.29. The van der Waals surface area contributed by atoms with Crippen molar-refractivity contribution in [2.45, 2.75) is 25.4 Å². The molecule has 1 nitrogen and oxygen atoms in total. The predicted molar refractivity (Wildman–Crippen MR) is 57.7 cm³/mol. The van der Waals surface area contributed by atoms with Crippen LogP contribution in [0.15, 0.2) is 29.8 Å². The number of rotatable bonds is 2. The lowest BCUT2D eigenvalue weighted by molar-refractivity contribution is -0.140.